The minimum atomic E-state index is -0.758. The van der Waals surface area contributed by atoms with Crippen LogP contribution >= 0.6 is 0 Å². The van der Waals surface area contributed by atoms with Crippen LogP contribution in [0.1, 0.15) is 0 Å². The highest BCUT2D eigenvalue weighted by Crippen LogP contribution is 2.26. The van der Waals surface area contributed by atoms with Gasteiger partial charge in [-0.3, -0.25) is 9.13 Å². The van der Waals surface area contributed by atoms with Crippen molar-refractivity contribution in [2.75, 3.05) is 26.3 Å². The summed E-state index contributed by atoms with van der Waals surface area (Å²) in [4.78, 5) is 12.5. The van der Waals surface area contributed by atoms with Crippen molar-refractivity contribution in [3.8, 4) is 23.1 Å². The number of para-hydroxylation sites is 3. The average Bonchev–Trinajstić information content (AvgIpc) is 3.08. The lowest BCUT2D eigenvalue weighted by Crippen LogP contribution is -2.34. The van der Waals surface area contributed by atoms with Crippen molar-refractivity contribution in [2.24, 2.45) is 0 Å². The normalized spacial score (nSPS) is 11.8. The smallest absolute Gasteiger partial charge is 0.335 e. The molecule has 2 aromatic carbocycles. The van der Waals surface area contributed by atoms with Crippen LogP contribution in [-0.2, 0) is 6.54 Å². The summed E-state index contributed by atoms with van der Waals surface area (Å²) in [5.41, 5.74) is 0.352. The number of hydrogen-bond acceptors (Lipinski definition) is 6. The number of ether oxygens (including phenoxy) is 2. The predicted octanol–water partition coefficient (Wildman–Crippen LogP) is 1.94. The van der Waals surface area contributed by atoms with E-state index >= 15 is 0 Å². The number of aromatic nitrogens is 2. The van der Waals surface area contributed by atoms with Crippen LogP contribution in [0.15, 0.2) is 78.2 Å². The molecule has 0 spiro atoms. The van der Waals surface area contributed by atoms with Gasteiger partial charge >= 0.3 is 5.69 Å². The van der Waals surface area contributed by atoms with Gasteiger partial charge < -0.3 is 25.0 Å². The molecule has 1 unspecified atom stereocenters. The van der Waals surface area contributed by atoms with E-state index in [0.717, 1.165) is 0 Å². The summed E-state index contributed by atoms with van der Waals surface area (Å²) in [6.07, 6.45) is 2.28. The summed E-state index contributed by atoms with van der Waals surface area (Å²) >= 11 is 0. The van der Waals surface area contributed by atoms with Crippen molar-refractivity contribution < 1.29 is 19.7 Å². The first-order valence-electron chi connectivity index (χ1n) is 10.0. The summed E-state index contributed by atoms with van der Waals surface area (Å²) < 4.78 is 13.8. The summed E-state index contributed by atoms with van der Waals surface area (Å²) in [6.45, 7) is 4.98. The molecule has 1 atom stereocenters. The molecule has 0 radical (unpaired) electrons. The molecule has 3 N–H and O–H groups in total. The minimum Gasteiger partial charge on any atom is -0.493 e. The Balaban J connectivity index is 1.46. The summed E-state index contributed by atoms with van der Waals surface area (Å²) in [5.74, 6) is 1.01. The van der Waals surface area contributed by atoms with Crippen molar-refractivity contribution in [1.29, 1.82) is 0 Å². The molecule has 0 fully saturated rings. The Morgan fingerprint density at radius 3 is 2.45 bits per heavy atom. The molecule has 1 aromatic heterocycles. The molecule has 0 amide bonds. The highest BCUT2D eigenvalue weighted by Gasteiger charge is 2.12. The number of hydrogen-bond donors (Lipinski definition) is 3. The second-order valence-corrected chi connectivity index (χ2v) is 6.84. The summed E-state index contributed by atoms with van der Waals surface area (Å²) in [5, 5.41) is 23.3. The standard InChI is InChI=1S/C23H27N3O5/c1-2-14-30-20-10-6-7-11-21(20)31-17-19(27)15-24-12-13-25-22(28)16-26(23(25)29)18-8-4-3-5-9-18/h2-11,16,19,24,27-28H,1,12-15,17H2. The second kappa shape index (κ2) is 11.1. The number of aliphatic hydroxyl groups is 1. The lowest BCUT2D eigenvalue weighted by Gasteiger charge is -2.15. The molecule has 3 aromatic rings. The number of nitrogens with one attached hydrogen (secondary N) is 1. The number of rotatable bonds is 12. The van der Waals surface area contributed by atoms with Gasteiger partial charge in [0.05, 0.1) is 11.9 Å². The van der Waals surface area contributed by atoms with Crippen LogP contribution in [0, 0.1) is 0 Å². The Hall–Kier alpha value is -3.49. The van der Waals surface area contributed by atoms with Crippen molar-refractivity contribution in [3.05, 3.63) is 83.9 Å². The number of benzene rings is 2. The zero-order valence-corrected chi connectivity index (χ0v) is 17.2. The molecule has 0 aliphatic rings. The lowest BCUT2D eigenvalue weighted by molar-refractivity contribution is 0.104. The minimum absolute atomic E-state index is 0.0804. The van der Waals surface area contributed by atoms with Crippen molar-refractivity contribution in [2.45, 2.75) is 12.6 Å². The van der Waals surface area contributed by atoms with Gasteiger partial charge in [-0.15, -0.1) is 0 Å². The Labute approximate surface area is 180 Å². The first-order chi connectivity index (χ1) is 15.1. The first kappa shape index (κ1) is 22.2. The van der Waals surface area contributed by atoms with Crippen LogP contribution in [0.2, 0.25) is 0 Å². The molecular formula is C23H27N3O5. The van der Waals surface area contributed by atoms with E-state index in [1.54, 1.807) is 30.3 Å². The van der Waals surface area contributed by atoms with E-state index in [9.17, 15) is 15.0 Å². The van der Waals surface area contributed by atoms with Gasteiger partial charge in [0.25, 0.3) is 0 Å². The molecule has 31 heavy (non-hydrogen) atoms. The third-order valence-electron chi connectivity index (χ3n) is 4.52. The van der Waals surface area contributed by atoms with Gasteiger partial charge in [-0.05, 0) is 24.3 Å². The van der Waals surface area contributed by atoms with E-state index in [-0.39, 0.29) is 31.3 Å². The van der Waals surface area contributed by atoms with Gasteiger partial charge in [0.15, 0.2) is 11.5 Å². The molecule has 1 heterocycles. The van der Waals surface area contributed by atoms with Crippen LogP contribution in [0.5, 0.6) is 17.4 Å². The first-order valence-corrected chi connectivity index (χ1v) is 10.0. The average molecular weight is 425 g/mol. The zero-order chi connectivity index (χ0) is 22.1. The molecule has 164 valence electrons. The van der Waals surface area contributed by atoms with E-state index in [4.69, 9.17) is 9.47 Å². The number of imidazole rings is 1. The van der Waals surface area contributed by atoms with E-state index < -0.39 is 6.10 Å². The molecule has 0 bridgehead atoms. The van der Waals surface area contributed by atoms with Crippen molar-refractivity contribution in [1.82, 2.24) is 14.5 Å². The molecule has 8 nitrogen and oxygen atoms in total. The second-order valence-electron chi connectivity index (χ2n) is 6.84. The monoisotopic (exact) mass is 425 g/mol. The van der Waals surface area contributed by atoms with Crippen LogP contribution in [0.25, 0.3) is 5.69 Å². The Morgan fingerprint density at radius 2 is 1.74 bits per heavy atom. The van der Waals surface area contributed by atoms with Crippen LogP contribution in [0.4, 0.5) is 0 Å². The molecule has 0 saturated heterocycles. The highest BCUT2D eigenvalue weighted by atomic mass is 16.5. The Bertz CT molecular complexity index is 1030. The molecule has 0 aliphatic carbocycles. The maximum Gasteiger partial charge on any atom is 0.335 e. The SMILES string of the molecule is C=CCOc1ccccc1OCC(O)CNCCn1c(O)cn(-c2ccccc2)c1=O. The van der Waals surface area contributed by atoms with E-state index in [1.807, 2.05) is 30.3 Å². The predicted molar refractivity (Wildman–Crippen MR) is 118 cm³/mol. The van der Waals surface area contributed by atoms with E-state index in [1.165, 1.54) is 15.3 Å². The third kappa shape index (κ3) is 6.00. The van der Waals surface area contributed by atoms with Gasteiger partial charge in [0.1, 0.15) is 19.3 Å². The maximum absolute atomic E-state index is 12.5. The Morgan fingerprint density at radius 1 is 1.06 bits per heavy atom. The van der Waals surface area contributed by atoms with Gasteiger partial charge in [-0.2, -0.15) is 0 Å². The zero-order valence-electron chi connectivity index (χ0n) is 17.2. The quantitative estimate of drug-likeness (QED) is 0.303. The van der Waals surface area contributed by atoms with Gasteiger partial charge in [-0.1, -0.05) is 43.0 Å². The number of nitrogens with zero attached hydrogens (tertiary/aromatic N) is 2. The maximum atomic E-state index is 12.5. The molecule has 8 heteroatoms. The molecular weight excluding hydrogens is 398 g/mol. The van der Waals surface area contributed by atoms with Gasteiger partial charge in [0, 0.05) is 19.6 Å². The Kier molecular flexibility index (Phi) is 7.91. The fourth-order valence-electron chi connectivity index (χ4n) is 2.99. The van der Waals surface area contributed by atoms with E-state index in [0.29, 0.717) is 30.3 Å². The van der Waals surface area contributed by atoms with Crippen molar-refractivity contribution >= 4 is 0 Å². The molecule has 0 saturated carbocycles. The molecule has 3 rings (SSSR count). The highest BCUT2D eigenvalue weighted by molar-refractivity contribution is 5.39. The fourth-order valence-corrected chi connectivity index (χ4v) is 2.99. The summed E-state index contributed by atoms with van der Waals surface area (Å²) in [6, 6.07) is 16.3. The fraction of sp³-hybridized carbons (Fsp3) is 0.261. The van der Waals surface area contributed by atoms with Crippen molar-refractivity contribution in [3.63, 3.8) is 0 Å². The van der Waals surface area contributed by atoms with Crippen LogP contribution < -0.4 is 20.5 Å². The number of aliphatic hydroxyl groups excluding tert-OH is 1. The summed E-state index contributed by atoms with van der Waals surface area (Å²) in [7, 11) is 0. The van der Waals surface area contributed by atoms with Gasteiger partial charge in [0.2, 0.25) is 5.88 Å². The number of aromatic hydroxyl groups is 1. The van der Waals surface area contributed by atoms with Crippen LogP contribution in [0.3, 0.4) is 0 Å². The van der Waals surface area contributed by atoms with E-state index in [2.05, 4.69) is 11.9 Å². The molecule has 0 aliphatic heterocycles. The topological polar surface area (TPSA) is 97.9 Å². The third-order valence-corrected chi connectivity index (χ3v) is 4.52. The van der Waals surface area contributed by atoms with Crippen LogP contribution in [-0.4, -0.2) is 51.8 Å². The van der Waals surface area contributed by atoms with Gasteiger partial charge in [-0.25, -0.2) is 4.79 Å². The lowest BCUT2D eigenvalue weighted by atomic mass is 10.3. The largest absolute Gasteiger partial charge is 0.493 e.